The molecule has 0 nitrogen and oxygen atoms in total. The number of thiol groups is 7. The summed E-state index contributed by atoms with van der Waals surface area (Å²) in [6.45, 7) is 0. The van der Waals surface area contributed by atoms with Crippen LogP contribution in [0.4, 0.5) is 0 Å². The molecular weight excluding hydrogens is 333 g/mol. The molecule has 0 aliphatic heterocycles. The highest BCUT2D eigenvalue weighted by atomic mass is 32.1. The van der Waals surface area contributed by atoms with Crippen molar-refractivity contribution in [2.45, 2.75) is 39.1 Å². The van der Waals surface area contributed by atoms with Gasteiger partial charge >= 0.3 is 0 Å². The maximum absolute atomic E-state index is 4.56. The molecule has 0 bridgehead atoms. The normalized spacial score (nSPS) is 21.2. The van der Waals surface area contributed by atoms with Crippen LogP contribution in [0.15, 0.2) is 0 Å². The zero-order chi connectivity index (χ0) is 12.7. The van der Waals surface area contributed by atoms with Gasteiger partial charge in [-0.25, -0.2) is 0 Å². The Hall–Kier alpha value is 2.45. The van der Waals surface area contributed by atoms with Crippen molar-refractivity contribution < 1.29 is 0 Å². The summed E-state index contributed by atoms with van der Waals surface area (Å²) < 4.78 is 0. The fraction of sp³-hybridized carbons (Fsp3) is 1.00. The van der Waals surface area contributed by atoms with Crippen molar-refractivity contribution in [2.75, 3.05) is 11.5 Å². The zero-order valence-corrected chi connectivity index (χ0v) is 15.1. The first-order valence-corrected chi connectivity index (χ1v) is 8.89. The van der Waals surface area contributed by atoms with Crippen LogP contribution in [-0.2, 0) is 0 Å². The third kappa shape index (κ3) is 7.79. The molecule has 0 aromatic heterocycles. The van der Waals surface area contributed by atoms with Gasteiger partial charge < -0.3 is 0 Å². The highest BCUT2D eigenvalue weighted by molar-refractivity contribution is 7.87. The summed E-state index contributed by atoms with van der Waals surface area (Å²) in [5.41, 5.74) is 0. The van der Waals surface area contributed by atoms with Crippen LogP contribution in [0.2, 0.25) is 0 Å². The lowest BCUT2D eigenvalue weighted by Crippen LogP contribution is -2.25. The molecule has 0 rings (SSSR count). The average molecular weight is 353 g/mol. The van der Waals surface area contributed by atoms with Gasteiger partial charge in [0.15, 0.2) is 0 Å². The van der Waals surface area contributed by atoms with E-state index in [4.69, 9.17) is 0 Å². The van der Waals surface area contributed by atoms with E-state index in [0.29, 0.717) is 0 Å². The van der Waals surface area contributed by atoms with Crippen LogP contribution in [0.25, 0.3) is 0 Å². The molecule has 98 valence electrons. The second kappa shape index (κ2) is 10.3. The van der Waals surface area contributed by atoms with E-state index in [9.17, 15) is 0 Å². The van der Waals surface area contributed by atoms with Crippen molar-refractivity contribution in [3.8, 4) is 0 Å². The lowest BCUT2D eigenvalue weighted by atomic mass is 10.1. The summed E-state index contributed by atoms with van der Waals surface area (Å²) in [7, 11) is 0. The van der Waals surface area contributed by atoms with E-state index in [1.165, 1.54) is 0 Å². The topological polar surface area (TPSA) is 0 Å². The van der Waals surface area contributed by atoms with Gasteiger partial charge in [-0.05, 0) is 12.8 Å². The molecule has 7 heteroatoms. The van der Waals surface area contributed by atoms with Gasteiger partial charge in [0.2, 0.25) is 0 Å². The van der Waals surface area contributed by atoms with Crippen LogP contribution < -0.4 is 0 Å². The summed E-state index contributed by atoms with van der Waals surface area (Å²) in [4.78, 5) is 0. The van der Waals surface area contributed by atoms with Crippen LogP contribution in [0.5, 0.6) is 0 Å². The molecule has 4 unspecified atom stereocenters. The van der Waals surface area contributed by atoms with Gasteiger partial charge in [0.05, 0.1) is 0 Å². The quantitative estimate of drug-likeness (QED) is 0.321. The zero-order valence-electron chi connectivity index (χ0n) is 8.85. The summed E-state index contributed by atoms with van der Waals surface area (Å²) in [5.74, 6) is 1.46. The highest BCUT2D eigenvalue weighted by Gasteiger charge is 2.20. The minimum atomic E-state index is 0.205. The monoisotopic (exact) mass is 352 g/mol. The van der Waals surface area contributed by atoms with E-state index in [-0.39, 0.29) is 26.2 Å². The first-order chi connectivity index (χ1) is 7.42. The van der Waals surface area contributed by atoms with Crippen molar-refractivity contribution in [3.63, 3.8) is 0 Å². The lowest BCUT2D eigenvalue weighted by Gasteiger charge is -2.24. The Morgan fingerprint density at radius 2 is 0.875 bits per heavy atom. The lowest BCUT2D eigenvalue weighted by molar-refractivity contribution is 0.655. The summed E-state index contributed by atoms with van der Waals surface area (Å²) in [6.07, 6.45) is 1.82. The van der Waals surface area contributed by atoms with E-state index in [2.05, 4.69) is 88.4 Å². The van der Waals surface area contributed by atoms with Gasteiger partial charge in [-0.2, -0.15) is 88.4 Å². The molecular formula is C9H20S7. The number of hydrogen-bond acceptors (Lipinski definition) is 7. The molecule has 0 aliphatic rings. The Morgan fingerprint density at radius 1 is 0.562 bits per heavy atom. The molecule has 0 aromatic rings. The van der Waals surface area contributed by atoms with Crippen molar-refractivity contribution in [1.82, 2.24) is 0 Å². The number of rotatable bonds is 8. The first-order valence-electron chi connectivity index (χ1n) is 5.04. The van der Waals surface area contributed by atoms with Crippen molar-refractivity contribution >= 4 is 88.4 Å². The fourth-order valence-corrected chi connectivity index (χ4v) is 3.80. The van der Waals surface area contributed by atoms with Gasteiger partial charge in [0.1, 0.15) is 0 Å². The molecule has 4 atom stereocenters. The first kappa shape index (κ1) is 18.4. The van der Waals surface area contributed by atoms with Gasteiger partial charge in [-0.3, -0.25) is 0 Å². The van der Waals surface area contributed by atoms with E-state index >= 15 is 0 Å². The minimum Gasteiger partial charge on any atom is -0.178 e. The fourth-order valence-electron chi connectivity index (χ4n) is 1.21. The third-order valence-electron chi connectivity index (χ3n) is 2.29. The molecule has 0 spiro atoms. The Labute approximate surface area is 138 Å². The van der Waals surface area contributed by atoms with Crippen molar-refractivity contribution in [1.29, 1.82) is 0 Å². The largest absolute Gasteiger partial charge is 0.178 e. The minimum absolute atomic E-state index is 0.205. The summed E-state index contributed by atoms with van der Waals surface area (Å²) in [6, 6.07) is 0. The summed E-state index contributed by atoms with van der Waals surface area (Å²) in [5, 5.41) is 1.12. The molecule has 0 N–H and O–H groups in total. The van der Waals surface area contributed by atoms with Gasteiger partial charge in [0.25, 0.3) is 0 Å². The molecule has 0 aromatic carbocycles. The molecule has 16 heavy (non-hydrogen) atoms. The molecule has 0 aliphatic carbocycles. The van der Waals surface area contributed by atoms with E-state index in [1.54, 1.807) is 0 Å². The maximum atomic E-state index is 4.56. The predicted molar refractivity (Wildman–Crippen MR) is 101 cm³/mol. The van der Waals surface area contributed by atoms with E-state index in [0.717, 1.165) is 24.3 Å². The smallest absolute Gasteiger partial charge is 0.0222 e. The van der Waals surface area contributed by atoms with Crippen LogP contribution in [0.3, 0.4) is 0 Å². The maximum Gasteiger partial charge on any atom is 0.0222 e. The predicted octanol–water partition coefficient (Wildman–Crippen LogP) is 3.12. The van der Waals surface area contributed by atoms with E-state index in [1.807, 2.05) is 0 Å². The molecule has 0 radical (unpaired) electrons. The van der Waals surface area contributed by atoms with Crippen LogP contribution >= 0.6 is 88.4 Å². The standard InChI is InChI=1S/C9H20S7/c10-3-8(15)6(13)1-5(12)2-7(14)9(16)4-11/h5-16H,1-4H2. The Kier molecular flexibility index (Phi) is 11.8. The molecule has 0 saturated heterocycles. The molecule has 0 fully saturated rings. The van der Waals surface area contributed by atoms with Crippen LogP contribution in [-0.4, -0.2) is 37.8 Å². The molecule has 0 amide bonds. The molecule has 0 saturated carbocycles. The van der Waals surface area contributed by atoms with Crippen LogP contribution in [0.1, 0.15) is 12.8 Å². The Morgan fingerprint density at radius 3 is 1.12 bits per heavy atom. The van der Waals surface area contributed by atoms with Gasteiger partial charge in [0, 0.05) is 37.8 Å². The van der Waals surface area contributed by atoms with Crippen molar-refractivity contribution in [3.05, 3.63) is 0 Å². The summed E-state index contributed by atoms with van der Waals surface area (Å²) >= 11 is 30.8. The Balaban J connectivity index is 3.93. The Bertz CT molecular complexity index is 159. The second-order valence-electron chi connectivity index (χ2n) is 3.76. The molecule has 0 heterocycles. The average Bonchev–Trinajstić information content (AvgIpc) is 2.26. The van der Waals surface area contributed by atoms with Gasteiger partial charge in [-0.15, -0.1) is 0 Å². The van der Waals surface area contributed by atoms with Crippen molar-refractivity contribution in [2.24, 2.45) is 0 Å². The SMILES string of the molecule is SCC(S)C(S)CC(S)CC(S)C(S)CS. The third-order valence-corrected chi connectivity index (χ3v) is 6.77. The highest BCUT2D eigenvalue weighted by Crippen LogP contribution is 2.25. The number of hydrogen-bond donors (Lipinski definition) is 7. The van der Waals surface area contributed by atoms with Crippen LogP contribution in [0, 0.1) is 0 Å². The van der Waals surface area contributed by atoms with Gasteiger partial charge in [-0.1, -0.05) is 0 Å². The second-order valence-corrected chi connectivity index (χ2v) is 7.87. The van der Waals surface area contributed by atoms with E-state index < -0.39 is 0 Å².